The van der Waals surface area contributed by atoms with Crippen LogP contribution in [0.4, 0.5) is 9.18 Å². The zero-order valence-electron chi connectivity index (χ0n) is 15.3. The first kappa shape index (κ1) is 18.9. The molecule has 3 atom stereocenters. The Labute approximate surface area is 158 Å². The van der Waals surface area contributed by atoms with Gasteiger partial charge in [-0.2, -0.15) is 5.26 Å². The van der Waals surface area contributed by atoms with E-state index < -0.39 is 12.1 Å². The monoisotopic (exact) mass is 367 g/mol. The standard InChI is InChI=1S/C21H22FN3O2/c1-13(2)24-21(27)25-18(11-23)20(19(25)12-26)16-5-3-14(4-6-16)15-7-9-17(22)10-8-15/h3-10,13,18-20,26H,12H2,1-2H3,(H,24,27)/t18-,19-,20-/m1/s1. The molecule has 0 saturated carbocycles. The number of amides is 2. The molecule has 2 N–H and O–H groups in total. The number of nitrogens with zero attached hydrogens (tertiary/aromatic N) is 2. The number of halogens is 1. The second-order valence-electron chi connectivity index (χ2n) is 6.99. The van der Waals surface area contributed by atoms with E-state index in [0.717, 1.165) is 16.7 Å². The number of rotatable bonds is 4. The van der Waals surface area contributed by atoms with Gasteiger partial charge in [-0.05, 0) is 42.7 Å². The van der Waals surface area contributed by atoms with Crippen molar-refractivity contribution in [2.24, 2.45) is 0 Å². The van der Waals surface area contributed by atoms with Crippen molar-refractivity contribution in [1.29, 1.82) is 5.26 Å². The number of hydrogen-bond donors (Lipinski definition) is 2. The van der Waals surface area contributed by atoms with E-state index in [4.69, 9.17) is 0 Å². The number of nitrogens with one attached hydrogen (secondary N) is 1. The number of carbonyl (C=O) groups is 1. The predicted octanol–water partition coefficient (Wildman–Crippen LogP) is 3.26. The van der Waals surface area contributed by atoms with Gasteiger partial charge in [-0.15, -0.1) is 0 Å². The molecular weight excluding hydrogens is 345 g/mol. The van der Waals surface area contributed by atoms with Crippen LogP contribution in [0, 0.1) is 17.1 Å². The molecule has 1 aliphatic heterocycles. The van der Waals surface area contributed by atoms with Gasteiger partial charge in [0.05, 0.1) is 18.7 Å². The van der Waals surface area contributed by atoms with Gasteiger partial charge >= 0.3 is 6.03 Å². The maximum Gasteiger partial charge on any atom is 0.319 e. The van der Waals surface area contributed by atoms with Crippen molar-refractivity contribution in [3.05, 3.63) is 59.9 Å². The molecule has 5 nitrogen and oxygen atoms in total. The van der Waals surface area contributed by atoms with Crippen molar-refractivity contribution in [3.8, 4) is 17.2 Å². The highest BCUT2D eigenvalue weighted by molar-refractivity contribution is 5.77. The van der Waals surface area contributed by atoms with Gasteiger partial charge in [0.1, 0.15) is 11.9 Å². The molecule has 0 aliphatic carbocycles. The fraction of sp³-hybridized carbons (Fsp3) is 0.333. The van der Waals surface area contributed by atoms with Gasteiger partial charge in [-0.3, -0.25) is 0 Å². The van der Waals surface area contributed by atoms with Gasteiger partial charge in [-0.1, -0.05) is 36.4 Å². The Hall–Kier alpha value is -2.91. The lowest BCUT2D eigenvalue weighted by molar-refractivity contribution is 0.0162. The summed E-state index contributed by atoms with van der Waals surface area (Å²) < 4.78 is 13.1. The fourth-order valence-corrected chi connectivity index (χ4v) is 3.55. The summed E-state index contributed by atoms with van der Waals surface area (Å²) in [6, 6.07) is 14.6. The van der Waals surface area contributed by atoms with E-state index in [9.17, 15) is 19.6 Å². The lowest BCUT2D eigenvalue weighted by atomic mass is 9.75. The molecule has 140 valence electrons. The zero-order valence-corrected chi connectivity index (χ0v) is 15.3. The molecule has 0 radical (unpaired) electrons. The van der Waals surface area contributed by atoms with E-state index in [2.05, 4.69) is 11.4 Å². The molecule has 0 spiro atoms. The molecule has 1 saturated heterocycles. The van der Waals surface area contributed by atoms with Crippen LogP contribution in [-0.4, -0.2) is 40.8 Å². The number of nitriles is 1. The molecule has 0 unspecified atom stereocenters. The second-order valence-corrected chi connectivity index (χ2v) is 6.99. The van der Waals surface area contributed by atoms with Gasteiger partial charge in [0.2, 0.25) is 0 Å². The average molecular weight is 367 g/mol. The molecule has 1 fully saturated rings. The number of carbonyl (C=O) groups excluding carboxylic acids is 1. The van der Waals surface area contributed by atoms with Crippen LogP contribution in [0.3, 0.4) is 0 Å². The van der Waals surface area contributed by atoms with E-state index in [1.807, 2.05) is 38.1 Å². The number of hydrogen-bond acceptors (Lipinski definition) is 3. The third kappa shape index (κ3) is 3.64. The van der Waals surface area contributed by atoms with Gasteiger partial charge in [-0.25, -0.2) is 9.18 Å². The molecule has 2 aromatic carbocycles. The highest BCUT2D eigenvalue weighted by Gasteiger charge is 2.51. The molecule has 1 aliphatic rings. The summed E-state index contributed by atoms with van der Waals surface area (Å²) in [7, 11) is 0. The van der Waals surface area contributed by atoms with Crippen LogP contribution < -0.4 is 5.32 Å². The van der Waals surface area contributed by atoms with Crippen molar-refractivity contribution < 1.29 is 14.3 Å². The molecular formula is C21H22FN3O2. The molecule has 0 aromatic heterocycles. The van der Waals surface area contributed by atoms with E-state index in [1.54, 1.807) is 12.1 Å². The van der Waals surface area contributed by atoms with Crippen LogP contribution in [0.1, 0.15) is 25.3 Å². The first-order valence-electron chi connectivity index (χ1n) is 8.91. The van der Waals surface area contributed by atoms with E-state index in [1.165, 1.54) is 17.0 Å². The third-order valence-corrected chi connectivity index (χ3v) is 4.85. The number of urea groups is 1. The Morgan fingerprint density at radius 3 is 2.22 bits per heavy atom. The van der Waals surface area contributed by atoms with Crippen molar-refractivity contribution in [2.45, 2.75) is 37.9 Å². The topological polar surface area (TPSA) is 76.4 Å². The van der Waals surface area contributed by atoms with Crippen LogP contribution in [0.2, 0.25) is 0 Å². The quantitative estimate of drug-likeness (QED) is 0.871. The molecule has 6 heteroatoms. The van der Waals surface area contributed by atoms with Crippen LogP contribution in [-0.2, 0) is 0 Å². The summed E-state index contributed by atoms with van der Waals surface area (Å²) >= 11 is 0. The minimum Gasteiger partial charge on any atom is -0.394 e. The van der Waals surface area contributed by atoms with E-state index in [0.29, 0.717) is 0 Å². The van der Waals surface area contributed by atoms with Crippen molar-refractivity contribution >= 4 is 6.03 Å². The van der Waals surface area contributed by atoms with Crippen LogP contribution in [0.15, 0.2) is 48.5 Å². The lowest BCUT2D eigenvalue weighted by Crippen LogP contribution is -2.67. The van der Waals surface area contributed by atoms with Crippen LogP contribution in [0.25, 0.3) is 11.1 Å². The zero-order chi connectivity index (χ0) is 19.6. The summed E-state index contributed by atoms with van der Waals surface area (Å²) in [4.78, 5) is 13.8. The van der Waals surface area contributed by atoms with Gasteiger partial charge in [0, 0.05) is 12.0 Å². The lowest BCUT2D eigenvalue weighted by Gasteiger charge is -2.51. The average Bonchev–Trinajstić information content (AvgIpc) is 2.62. The highest BCUT2D eigenvalue weighted by Crippen LogP contribution is 2.40. The smallest absolute Gasteiger partial charge is 0.319 e. The highest BCUT2D eigenvalue weighted by atomic mass is 19.1. The molecule has 27 heavy (non-hydrogen) atoms. The largest absolute Gasteiger partial charge is 0.394 e. The normalized spacial score (nSPS) is 21.5. The fourth-order valence-electron chi connectivity index (χ4n) is 3.55. The Balaban J connectivity index is 1.82. The molecule has 2 aromatic rings. The molecule has 2 amide bonds. The maximum atomic E-state index is 13.1. The van der Waals surface area contributed by atoms with Gasteiger partial charge in [0.15, 0.2) is 0 Å². The summed E-state index contributed by atoms with van der Waals surface area (Å²) in [5.41, 5.74) is 2.71. The minimum atomic E-state index is -0.627. The van der Waals surface area contributed by atoms with Gasteiger partial charge < -0.3 is 15.3 Å². The Kier molecular flexibility index (Phi) is 5.43. The van der Waals surface area contributed by atoms with Crippen LogP contribution >= 0.6 is 0 Å². The SMILES string of the molecule is CC(C)NC(=O)N1[C@H](C#N)[C@@H](c2ccc(-c3ccc(F)cc3)cc2)[C@H]1CO. The summed E-state index contributed by atoms with van der Waals surface area (Å²) in [5.74, 6) is -0.535. The first-order valence-corrected chi connectivity index (χ1v) is 8.91. The van der Waals surface area contributed by atoms with Crippen molar-refractivity contribution in [2.75, 3.05) is 6.61 Å². The van der Waals surface area contributed by atoms with Gasteiger partial charge in [0.25, 0.3) is 0 Å². The Bertz CT molecular complexity index is 843. The third-order valence-electron chi connectivity index (χ3n) is 4.85. The molecule has 1 heterocycles. The minimum absolute atomic E-state index is 0.0507. The Morgan fingerprint density at radius 1 is 1.19 bits per heavy atom. The molecule has 0 bridgehead atoms. The maximum absolute atomic E-state index is 13.1. The van der Waals surface area contributed by atoms with Crippen molar-refractivity contribution in [1.82, 2.24) is 10.2 Å². The van der Waals surface area contributed by atoms with Crippen molar-refractivity contribution in [3.63, 3.8) is 0 Å². The van der Waals surface area contributed by atoms with E-state index >= 15 is 0 Å². The number of aliphatic hydroxyl groups is 1. The summed E-state index contributed by atoms with van der Waals surface area (Å²) in [5, 5.41) is 22.1. The summed E-state index contributed by atoms with van der Waals surface area (Å²) in [6.45, 7) is 3.48. The second kappa shape index (κ2) is 7.77. The number of benzene rings is 2. The number of aliphatic hydroxyl groups excluding tert-OH is 1. The first-order chi connectivity index (χ1) is 13.0. The molecule has 3 rings (SSSR count). The predicted molar refractivity (Wildman–Crippen MR) is 100 cm³/mol. The van der Waals surface area contributed by atoms with Crippen LogP contribution in [0.5, 0.6) is 0 Å². The van der Waals surface area contributed by atoms with E-state index in [-0.39, 0.29) is 30.4 Å². The number of likely N-dealkylation sites (tertiary alicyclic amines) is 1. The summed E-state index contributed by atoms with van der Waals surface area (Å²) in [6.07, 6.45) is 0. The Morgan fingerprint density at radius 2 is 1.74 bits per heavy atom.